The summed E-state index contributed by atoms with van der Waals surface area (Å²) < 4.78 is 59.8. The van der Waals surface area contributed by atoms with Crippen molar-refractivity contribution in [2.24, 2.45) is 5.41 Å². The van der Waals surface area contributed by atoms with Gasteiger partial charge in [-0.3, -0.25) is 19.2 Å². The Morgan fingerprint density at radius 1 is 1.18 bits per heavy atom. The summed E-state index contributed by atoms with van der Waals surface area (Å²) in [5.41, 5.74) is -2.87. The Labute approximate surface area is 221 Å². The average molecular weight is 570 g/mol. The molecule has 1 saturated carbocycles. The van der Waals surface area contributed by atoms with E-state index in [2.05, 4.69) is 15.5 Å². The van der Waals surface area contributed by atoms with Gasteiger partial charge in [0, 0.05) is 19.1 Å². The van der Waals surface area contributed by atoms with Gasteiger partial charge in [0.15, 0.2) is 0 Å². The van der Waals surface area contributed by atoms with Crippen molar-refractivity contribution < 1.29 is 36.5 Å². The smallest absolute Gasteiger partial charge is 0.358 e. The van der Waals surface area contributed by atoms with Gasteiger partial charge in [0.1, 0.15) is 16.6 Å². The van der Waals surface area contributed by atoms with Gasteiger partial charge in [0.05, 0.1) is 22.9 Å². The number of anilines is 1. The Balaban J connectivity index is 1.44. The van der Waals surface area contributed by atoms with Crippen molar-refractivity contribution in [3.8, 4) is 0 Å². The summed E-state index contributed by atoms with van der Waals surface area (Å²) in [6.45, 7) is 0.806. The first-order valence-corrected chi connectivity index (χ1v) is 12.1. The Kier molecular flexibility index (Phi) is 6.40. The van der Waals surface area contributed by atoms with Crippen LogP contribution in [0.1, 0.15) is 31.4 Å². The molecule has 5 rings (SSSR count). The number of fused-ring (bicyclic) bond motifs is 1. The van der Waals surface area contributed by atoms with Crippen molar-refractivity contribution >= 4 is 46.1 Å². The molecule has 0 radical (unpaired) electrons. The number of nitrogens with zero attached hydrogens (tertiary/aromatic N) is 3. The number of nitrogens with one attached hydrogen (secondary N) is 2. The number of hydrogen-bond acceptors (Lipinski definition) is 6. The summed E-state index contributed by atoms with van der Waals surface area (Å²) in [5.74, 6) is -4.07. The summed E-state index contributed by atoms with van der Waals surface area (Å²) >= 11 is 5.92. The van der Waals surface area contributed by atoms with E-state index in [-0.39, 0.29) is 53.3 Å². The molecule has 3 heterocycles. The number of benzene rings is 1. The number of hydrogen-bond donors (Lipinski definition) is 2. The first-order chi connectivity index (χ1) is 18.3. The van der Waals surface area contributed by atoms with Gasteiger partial charge in [0.2, 0.25) is 5.91 Å². The minimum atomic E-state index is -4.74. The fraction of sp³-hybridized carbons (Fsp3) is 0.375. The van der Waals surface area contributed by atoms with Crippen LogP contribution in [0, 0.1) is 11.2 Å². The second kappa shape index (κ2) is 9.36. The maximum atomic E-state index is 13.9. The van der Waals surface area contributed by atoms with E-state index in [9.17, 15) is 36.7 Å². The second-order valence-electron chi connectivity index (χ2n) is 9.60. The lowest BCUT2D eigenvalue weighted by Gasteiger charge is -2.46. The monoisotopic (exact) mass is 569 g/mol. The van der Waals surface area contributed by atoms with E-state index in [0.29, 0.717) is 0 Å². The van der Waals surface area contributed by atoms with Gasteiger partial charge in [-0.15, -0.1) is 0 Å². The third-order valence-electron chi connectivity index (χ3n) is 7.08. The number of aromatic nitrogens is 2. The molecule has 1 aromatic carbocycles. The topological polar surface area (TPSA) is 129 Å². The summed E-state index contributed by atoms with van der Waals surface area (Å²) in [6, 6.07) is 2.76. The molecule has 2 atom stereocenters. The van der Waals surface area contributed by atoms with Gasteiger partial charge < -0.3 is 19.6 Å². The quantitative estimate of drug-likeness (QED) is 0.368. The second-order valence-corrected chi connectivity index (χ2v) is 10.0. The molecular formula is C24H20ClF4N5O5. The number of piperazine rings is 1. The molecule has 3 aromatic rings. The summed E-state index contributed by atoms with van der Waals surface area (Å²) in [4.78, 5) is 57.2. The van der Waals surface area contributed by atoms with E-state index in [4.69, 9.17) is 16.1 Å². The normalized spacial score (nSPS) is 20.7. The SMILES string of the molecule is C[C@@H]1CN(C(=O)C(=O)Nc2cnc3o[nH]c(=O)c3c2)[C@@H](c2ccc(F)c(Cl)c2)CN1C(=O)C1(C(F)(F)F)CC1. The Morgan fingerprint density at radius 2 is 1.90 bits per heavy atom. The van der Waals surface area contributed by atoms with Crippen LogP contribution in [-0.4, -0.2) is 63.0 Å². The molecule has 2 aromatic heterocycles. The largest absolute Gasteiger partial charge is 0.403 e. The molecule has 0 spiro atoms. The first kappa shape index (κ1) is 26.7. The summed E-state index contributed by atoms with van der Waals surface area (Å²) in [5, 5.41) is 4.15. The van der Waals surface area contributed by atoms with Gasteiger partial charge in [0.25, 0.3) is 11.3 Å². The third-order valence-corrected chi connectivity index (χ3v) is 7.37. The van der Waals surface area contributed by atoms with Crippen molar-refractivity contribution in [2.75, 3.05) is 18.4 Å². The molecule has 3 amide bonds. The van der Waals surface area contributed by atoms with Crippen LogP contribution >= 0.6 is 11.6 Å². The standard InChI is InChI=1S/C24H20ClF4N5O5/c1-11-9-34(21(37)19(36)31-13-7-14-18(35)32-39-20(14)30-8-13)17(12-2-3-16(26)15(25)6-12)10-33(11)22(38)23(4-5-23)24(27,28)29/h2-3,6-8,11,17H,4-5,9-10H2,1H3,(H,31,36)(H,32,35)/t11-,17-/m1/s1. The maximum absolute atomic E-state index is 13.9. The predicted octanol–water partition coefficient (Wildman–Crippen LogP) is 3.39. The summed E-state index contributed by atoms with van der Waals surface area (Å²) in [6.07, 6.45) is -4.26. The average Bonchev–Trinajstić information content (AvgIpc) is 3.64. The number of alkyl halides is 3. The fourth-order valence-corrected chi connectivity index (χ4v) is 4.92. The number of H-pyrrole nitrogens is 1. The zero-order chi connectivity index (χ0) is 28.3. The minimum Gasteiger partial charge on any atom is -0.358 e. The van der Waals surface area contributed by atoms with Crippen LogP contribution in [0.2, 0.25) is 5.02 Å². The van der Waals surface area contributed by atoms with E-state index < -0.39 is 52.8 Å². The molecule has 39 heavy (non-hydrogen) atoms. The lowest BCUT2D eigenvalue weighted by molar-refractivity contribution is -0.201. The van der Waals surface area contributed by atoms with Crippen molar-refractivity contribution in [1.29, 1.82) is 0 Å². The van der Waals surface area contributed by atoms with Crippen LogP contribution in [0.5, 0.6) is 0 Å². The number of halogens is 5. The molecule has 2 fully saturated rings. The summed E-state index contributed by atoms with van der Waals surface area (Å²) in [7, 11) is 0. The van der Waals surface area contributed by atoms with Crippen LogP contribution in [0.15, 0.2) is 39.8 Å². The van der Waals surface area contributed by atoms with Gasteiger partial charge in [-0.1, -0.05) is 17.7 Å². The number of rotatable bonds is 3. The van der Waals surface area contributed by atoms with Crippen LogP contribution < -0.4 is 10.9 Å². The molecule has 1 saturated heterocycles. The van der Waals surface area contributed by atoms with Gasteiger partial charge in [-0.25, -0.2) is 9.37 Å². The maximum Gasteiger partial charge on any atom is 0.403 e. The van der Waals surface area contributed by atoms with Gasteiger partial charge in [-0.05, 0) is 43.5 Å². The van der Waals surface area contributed by atoms with E-state index in [1.54, 1.807) is 0 Å². The van der Waals surface area contributed by atoms with E-state index in [1.165, 1.54) is 25.1 Å². The Morgan fingerprint density at radius 3 is 2.54 bits per heavy atom. The number of carbonyl (C=O) groups is 3. The first-order valence-electron chi connectivity index (χ1n) is 11.7. The van der Waals surface area contributed by atoms with Crippen LogP contribution in [0.4, 0.5) is 23.2 Å². The highest BCUT2D eigenvalue weighted by molar-refractivity contribution is 6.39. The molecule has 15 heteroatoms. The zero-order valence-electron chi connectivity index (χ0n) is 20.1. The highest BCUT2D eigenvalue weighted by Gasteiger charge is 2.70. The van der Waals surface area contributed by atoms with Crippen molar-refractivity contribution in [3.63, 3.8) is 0 Å². The number of aromatic amines is 1. The Bertz CT molecular complexity index is 1550. The molecule has 2 aliphatic rings. The van der Waals surface area contributed by atoms with Gasteiger partial charge >= 0.3 is 18.0 Å². The van der Waals surface area contributed by atoms with Crippen molar-refractivity contribution in [1.82, 2.24) is 19.9 Å². The third kappa shape index (κ3) is 4.62. The van der Waals surface area contributed by atoms with E-state index >= 15 is 0 Å². The van der Waals surface area contributed by atoms with Crippen LogP contribution in [0.3, 0.4) is 0 Å². The lowest BCUT2D eigenvalue weighted by Crippen LogP contribution is -2.60. The highest BCUT2D eigenvalue weighted by Crippen LogP contribution is 2.59. The number of carbonyl (C=O) groups excluding carboxylic acids is 3. The Hall–Kier alpha value is -3.94. The molecule has 0 bridgehead atoms. The molecular weight excluding hydrogens is 550 g/mol. The molecule has 206 valence electrons. The number of pyridine rings is 1. The van der Waals surface area contributed by atoms with Gasteiger partial charge in [-0.2, -0.15) is 18.3 Å². The lowest BCUT2D eigenvalue weighted by atomic mass is 9.96. The van der Waals surface area contributed by atoms with E-state index in [0.717, 1.165) is 22.1 Å². The highest BCUT2D eigenvalue weighted by atomic mass is 35.5. The molecule has 2 N–H and O–H groups in total. The van der Waals surface area contributed by atoms with Crippen LogP contribution in [0.25, 0.3) is 11.1 Å². The van der Waals surface area contributed by atoms with Crippen molar-refractivity contribution in [2.45, 2.75) is 38.0 Å². The zero-order valence-corrected chi connectivity index (χ0v) is 20.9. The molecule has 10 nitrogen and oxygen atoms in total. The van der Waals surface area contributed by atoms with E-state index in [1.807, 2.05) is 0 Å². The molecule has 1 aliphatic heterocycles. The molecule has 0 unspecified atom stereocenters. The number of amides is 3. The van der Waals surface area contributed by atoms with Crippen LogP contribution in [-0.2, 0) is 14.4 Å². The molecule has 1 aliphatic carbocycles. The van der Waals surface area contributed by atoms with Crippen molar-refractivity contribution in [3.05, 3.63) is 57.2 Å². The fourth-order valence-electron chi connectivity index (χ4n) is 4.74. The predicted molar refractivity (Wildman–Crippen MR) is 128 cm³/mol. The minimum absolute atomic E-state index is 0.0110.